The topological polar surface area (TPSA) is 86.9 Å². The molecule has 2 aromatic heterocycles. The maximum Gasteiger partial charge on any atom is 0.437 e. The Hall–Kier alpha value is -2.11. The van der Waals surface area contributed by atoms with Gasteiger partial charge in [0.1, 0.15) is 11.5 Å². The number of hydrogen-bond acceptors (Lipinski definition) is 5. The highest BCUT2D eigenvalue weighted by Gasteiger charge is 2.13. The lowest BCUT2D eigenvalue weighted by Crippen LogP contribution is -2.17. The molecule has 0 saturated heterocycles. The van der Waals surface area contributed by atoms with E-state index in [1.54, 1.807) is 18.2 Å². The summed E-state index contributed by atoms with van der Waals surface area (Å²) < 4.78 is 6.26. The molecular formula is C10H12N4O2. The van der Waals surface area contributed by atoms with Crippen molar-refractivity contribution in [2.24, 2.45) is 0 Å². The van der Waals surface area contributed by atoms with E-state index < -0.39 is 5.76 Å². The second kappa shape index (κ2) is 3.80. The van der Waals surface area contributed by atoms with E-state index in [1.807, 2.05) is 13.8 Å². The number of pyridine rings is 1. The summed E-state index contributed by atoms with van der Waals surface area (Å²) in [6.07, 6.45) is 0. The number of rotatable bonds is 2. The van der Waals surface area contributed by atoms with E-state index in [4.69, 9.17) is 10.2 Å². The van der Waals surface area contributed by atoms with E-state index >= 15 is 0 Å². The molecule has 0 amide bonds. The maximum atomic E-state index is 11.4. The second-order valence-corrected chi connectivity index (χ2v) is 3.66. The van der Waals surface area contributed by atoms with Crippen molar-refractivity contribution >= 4 is 5.82 Å². The summed E-state index contributed by atoms with van der Waals surface area (Å²) in [6.45, 7) is 3.70. The van der Waals surface area contributed by atoms with Crippen molar-refractivity contribution in [3.05, 3.63) is 28.7 Å². The smallest absolute Gasteiger partial charge is 0.386 e. The Labute approximate surface area is 91.7 Å². The summed E-state index contributed by atoms with van der Waals surface area (Å²) in [5.41, 5.74) is 5.99. The highest BCUT2D eigenvalue weighted by atomic mass is 16.4. The minimum Gasteiger partial charge on any atom is -0.386 e. The molecule has 84 valence electrons. The van der Waals surface area contributed by atoms with Crippen molar-refractivity contribution in [1.29, 1.82) is 0 Å². The van der Waals surface area contributed by atoms with Gasteiger partial charge in [0.25, 0.3) is 5.89 Å². The molecule has 2 aromatic rings. The van der Waals surface area contributed by atoms with Gasteiger partial charge in [-0.05, 0) is 26.0 Å². The lowest BCUT2D eigenvalue weighted by atomic mass is 10.3. The predicted octanol–water partition coefficient (Wildman–Crippen LogP) is 1.06. The van der Waals surface area contributed by atoms with Gasteiger partial charge in [0, 0.05) is 0 Å². The van der Waals surface area contributed by atoms with Gasteiger partial charge in [-0.2, -0.15) is 4.68 Å². The third-order valence-corrected chi connectivity index (χ3v) is 2.05. The molecule has 2 rings (SSSR count). The Morgan fingerprint density at radius 3 is 2.75 bits per heavy atom. The number of nitrogens with zero attached hydrogens (tertiary/aromatic N) is 3. The van der Waals surface area contributed by atoms with Gasteiger partial charge in [-0.1, -0.05) is 6.07 Å². The van der Waals surface area contributed by atoms with Crippen LogP contribution in [0.1, 0.15) is 19.9 Å². The van der Waals surface area contributed by atoms with E-state index in [1.165, 1.54) is 4.68 Å². The van der Waals surface area contributed by atoms with Crippen LogP contribution in [0.2, 0.25) is 0 Å². The highest BCUT2D eigenvalue weighted by molar-refractivity contribution is 5.49. The van der Waals surface area contributed by atoms with Gasteiger partial charge >= 0.3 is 5.76 Å². The molecule has 16 heavy (non-hydrogen) atoms. The largest absolute Gasteiger partial charge is 0.437 e. The molecule has 0 fully saturated rings. The van der Waals surface area contributed by atoms with Gasteiger partial charge in [-0.3, -0.25) is 0 Å². The molecule has 0 saturated carbocycles. The number of anilines is 1. The Morgan fingerprint density at radius 2 is 2.19 bits per heavy atom. The molecule has 0 radical (unpaired) electrons. The second-order valence-electron chi connectivity index (χ2n) is 3.66. The van der Waals surface area contributed by atoms with Crippen LogP contribution in [0.5, 0.6) is 0 Å². The average molecular weight is 220 g/mol. The quantitative estimate of drug-likeness (QED) is 0.817. The number of aromatic nitrogens is 3. The van der Waals surface area contributed by atoms with E-state index in [2.05, 4.69) is 10.1 Å². The van der Waals surface area contributed by atoms with Crippen LogP contribution in [0.3, 0.4) is 0 Å². The van der Waals surface area contributed by atoms with Crippen LogP contribution < -0.4 is 11.5 Å². The lowest BCUT2D eigenvalue weighted by Gasteiger charge is -1.99. The van der Waals surface area contributed by atoms with Crippen molar-refractivity contribution in [3.63, 3.8) is 0 Å². The van der Waals surface area contributed by atoms with Crippen molar-refractivity contribution in [2.45, 2.75) is 19.9 Å². The normalized spacial score (nSPS) is 10.9. The molecule has 6 heteroatoms. The lowest BCUT2D eigenvalue weighted by molar-refractivity contribution is 0.449. The zero-order chi connectivity index (χ0) is 11.7. The Bertz CT molecular complexity index is 556. The molecule has 6 nitrogen and oxygen atoms in total. The highest BCUT2D eigenvalue weighted by Crippen LogP contribution is 2.14. The van der Waals surface area contributed by atoms with Crippen molar-refractivity contribution in [3.8, 4) is 11.6 Å². The van der Waals surface area contributed by atoms with Gasteiger partial charge in [-0.25, -0.2) is 9.78 Å². The molecule has 0 aliphatic carbocycles. The monoisotopic (exact) mass is 220 g/mol. The van der Waals surface area contributed by atoms with Crippen LogP contribution in [0, 0.1) is 0 Å². The summed E-state index contributed by atoms with van der Waals surface area (Å²) in [6, 6.07) is 5.02. The molecule has 0 atom stereocenters. The standard InChI is InChI=1S/C10H12N4O2/c1-6(2)14-10(15)16-9(13-14)7-4-3-5-8(11)12-7/h3-6H,1-2H3,(H2,11,12). The number of hydrogen-bond donors (Lipinski definition) is 1. The van der Waals surface area contributed by atoms with Gasteiger partial charge in [-0.15, -0.1) is 5.10 Å². The van der Waals surface area contributed by atoms with Crippen LogP contribution >= 0.6 is 0 Å². The van der Waals surface area contributed by atoms with Crippen LogP contribution in [0.4, 0.5) is 5.82 Å². The van der Waals surface area contributed by atoms with Crippen LogP contribution in [0.15, 0.2) is 27.4 Å². The average Bonchev–Trinajstić information content (AvgIpc) is 2.60. The first-order valence-electron chi connectivity index (χ1n) is 4.90. The zero-order valence-electron chi connectivity index (χ0n) is 9.04. The van der Waals surface area contributed by atoms with Gasteiger partial charge < -0.3 is 10.2 Å². The molecule has 0 aliphatic rings. The maximum absolute atomic E-state index is 11.4. The first-order valence-corrected chi connectivity index (χ1v) is 4.90. The summed E-state index contributed by atoms with van der Waals surface area (Å²) >= 11 is 0. The summed E-state index contributed by atoms with van der Waals surface area (Å²) in [5, 5.41) is 4.04. The van der Waals surface area contributed by atoms with Gasteiger partial charge in [0.15, 0.2) is 0 Å². The minimum absolute atomic E-state index is 0.0499. The molecule has 0 aliphatic heterocycles. The van der Waals surface area contributed by atoms with Crippen molar-refractivity contribution < 1.29 is 4.42 Å². The van der Waals surface area contributed by atoms with Crippen LogP contribution in [0.25, 0.3) is 11.6 Å². The third kappa shape index (κ3) is 1.81. The summed E-state index contributed by atoms with van der Waals surface area (Å²) in [5.74, 6) is 0.0551. The molecule has 2 heterocycles. The number of nitrogens with two attached hydrogens (primary N) is 1. The Kier molecular flexibility index (Phi) is 2.47. The first-order chi connectivity index (χ1) is 7.58. The van der Waals surface area contributed by atoms with Crippen molar-refractivity contribution in [2.75, 3.05) is 5.73 Å². The first kappa shape index (κ1) is 10.4. The van der Waals surface area contributed by atoms with Crippen LogP contribution in [-0.2, 0) is 0 Å². The molecule has 2 N–H and O–H groups in total. The SMILES string of the molecule is CC(C)n1nc(-c2cccc(N)n2)oc1=O. The molecule has 0 aromatic carbocycles. The van der Waals surface area contributed by atoms with E-state index in [-0.39, 0.29) is 11.9 Å². The minimum atomic E-state index is -0.491. The molecule has 0 bridgehead atoms. The predicted molar refractivity (Wildman–Crippen MR) is 58.8 cm³/mol. The molecular weight excluding hydrogens is 208 g/mol. The fraction of sp³-hybridized carbons (Fsp3) is 0.300. The van der Waals surface area contributed by atoms with Gasteiger partial charge in [0.05, 0.1) is 6.04 Å². The van der Waals surface area contributed by atoms with Crippen LogP contribution in [-0.4, -0.2) is 14.8 Å². The fourth-order valence-electron chi connectivity index (χ4n) is 1.29. The zero-order valence-corrected chi connectivity index (χ0v) is 9.04. The molecule has 0 spiro atoms. The summed E-state index contributed by atoms with van der Waals surface area (Å²) in [7, 11) is 0. The number of nitrogen functional groups attached to an aromatic ring is 1. The van der Waals surface area contributed by atoms with E-state index in [0.29, 0.717) is 11.5 Å². The summed E-state index contributed by atoms with van der Waals surface area (Å²) in [4.78, 5) is 15.4. The Balaban J connectivity index is 2.50. The molecule has 0 unspecified atom stereocenters. The fourth-order valence-corrected chi connectivity index (χ4v) is 1.29. The third-order valence-electron chi connectivity index (χ3n) is 2.05. The Morgan fingerprint density at radius 1 is 1.44 bits per heavy atom. The van der Waals surface area contributed by atoms with E-state index in [9.17, 15) is 4.79 Å². The van der Waals surface area contributed by atoms with Gasteiger partial charge in [0.2, 0.25) is 0 Å². The van der Waals surface area contributed by atoms with E-state index in [0.717, 1.165) is 0 Å². The van der Waals surface area contributed by atoms with Crippen molar-refractivity contribution in [1.82, 2.24) is 14.8 Å².